The Bertz CT molecular complexity index is 722. The van der Waals surface area contributed by atoms with Crippen LogP contribution in [0.4, 0.5) is 0 Å². The zero-order valence-corrected chi connectivity index (χ0v) is 21.7. The lowest BCUT2D eigenvalue weighted by Crippen LogP contribution is -2.57. The van der Waals surface area contributed by atoms with E-state index in [0.29, 0.717) is 19.5 Å². The van der Waals surface area contributed by atoms with Gasteiger partial charge >= 0.3 is 0 Å². The number of aliphatic hydroxyl groups excluding tert-OH is 1. The van der Waals surface area contributed by atoms with Crippen LogP contribution in [-0.4, -0.2) is 76.0 Å². The van der Waals surface area contributed by atoms with Crippen molar-refractivity contribution < 1.29 is 24.2 Å². The van der Waals surface area contributed by atoms with Crippen molar-refractivity contribution in [3.05, 3.63) is 0 Å². The topological polar surface area (TPSA) is 108 Å². The lowest BCUT2D eigenvalue weighted by Gasteiger charge is -2.34. The van der Waals surface area contributed by atoms with Gasteiger partial charge in [0.15, 0.2) is 0 Å². The van der Waals surface area contributed by atoms with Crippen LogP contribution in [0.3, 0.4) is 0 Å². The first-order chi connectivity index (χ1) is 15.8. The van der Waals surface area contributed by atoms with Crippen molar-refractivity contribution in [2.45, 2.75) is 101 Å². The average molecular weight is 531 g/mol. The average Bonchev–Trinajstić information content (AvgIpc) is 3.35. The zero-order valence-electron chi connectivity index (χ0n) is 20.1. The van der Waals surface area contributed by atoms with Crippen LogP contribution >= 0.6 is 15.9 Å². The number of rotatable bonds is 13. The van der Waals surface area contributed by atoms with E-state index in [1.807, 2.05) is 13.8 Å². The zero-order chi connectivity index (χ0) is 24.2. The molecule has 3 rings (SSSR count). The van der Waals surface area contributed by atoms with Crippen molar-refractivity contribution in [1.29, 1.82) is 0 Å². The number of amides is 3. The molecule has 8 nitrogen and oxygen atoms in total. The number of fused-ring (bicyclic) bond motifs is 1. The van der Waals surface area contributed by atoms with Gasteiger partial charge in [-0.05, 0) is 39.0 Å². The molecule has 3 amide bonds. The normalized spacial score (nSPS) is 33.3. The highest BCUT2D eigenvalue weighted by Crippen LogP contribution is 2.60. The van der Waals surface area contributed by atoms with E-state index in [1.54, 1.807) is 4.90 Å². The summed E-state index contributed by atoms with van der Waals surface area (Å²) in [5.74, 6) is -1.71. The summed E-state index contributed by atoms with van der Waals surface area (Å²) in [6.45, 7) is 7.20. The Morgan fingerprint density at radius 3 is 2.61 bits per heavy atom. The van der Waals surface area contributed by atoms with Crippen molar-refractivity contribution >= 4 is 33.7 Å². The number of aliphatic hydroxyl groups is 1. The molecular weight excluding hydrogens is 490 g/mol. The number of carbonyl (C=O) groups is 3. The van der Waals surface area contributed by atoms with Gasteiger partial charge in [-0.3, -0.25) is 14.4 Å². The quantitative estimate of drug-likeness (QED) is 0.250. The molecule has 3 fully saturated rings. The molecule has 0 saturated carbocycles. The molecule has 33 heavy (non-hydrogen) atoms. The van der Waals surface area contributed by atoms with Crippen molar-refractivity contribution in [2.75, 3.05) is 19.7 Å². The van der Waals surface area contributed by atoms with Crippen molar-refractivity contribution in [3.8, 4) is 0 Å². The Morgan fingerprint density at radius 2 is 1.94 bits per heavy atom. The Hall–Kier alpha value is -1.19. The maximum absolute atomic E-state index is 13.7. The fraction of sp³-hybridized carbons (Fsp3) is 0.875. The van der Waals surface area contributed by atoms with Gasteiger partial charge in [0.1, 0.15) is 11.6 Å². The molecule has 188 valence electrons. The Morgan fingerprint density at radius 1 is 1.21 bits per heavy atom. The standard InChI is InChI=1S/C24H40BrN3O5/c1-4-10-15(3)27-22(31)20-24-14-16(25)19(33-24)17(21(30)26-11-5-2)18(24)23(32)28(20)12-8-6-7-9-13-29/h15-20,29H,4-14H2,1-3H3,(H,26,30)(H,27,31)/t15?,16?,17-,18-,19-,20?,24?/m0/s1. The second kappa shape index (κ2) is 11.5. The Balaban J connectivity index is 1.87. The van der Waals surface area contributed by atoms with Crippen molar-refractivity contribution in [3.63, 3.8) is 0 Å². The minimum absolute atomic E-state index is 0.00137. The summed E-state index contributed by atoms with van der Waals surface area (Å²) in [4.78, 5) is 42.0. The van der Waals surface area contributed by atoms with Gasteiger partial charge in [0.25, 0.3) is 0 Å². The van der Waals surface area contributed by atoms with Gasteiger partial charge in [-0.15, -0.1) is 0 Å². The van der Waals surface area contributed by atoms with E-state index < -0.39 is 29.6 Å². The second-order valence-corrected chi connectivity index (χ2v) is 11.0. The van der Waals surface area contributed by atoms with E-state index in [2.05, 4.69) is 33.5 Å². The fourth-order valence-electron chi connectivity index (χ4n) is 5.91. The highest BCUT2D eigenvalue weighted by Gasteiger charge is 2.76. The van der Waals surface area contributed by atoms with Gasteiger partial charge < -0.3 is 25.4 Å². The number of carbonyl (C=O) groups excluding carboxylic acids is 3. The number of alkyl halides is 1. The third-order valence-electron chi connectivity index (χ3n) is 7.31. The molecule has 0 aromatic carbocycles. The van der Waals surface area contributed by atoms with Gasteiger partial charge in [0, 0.05) is 30.6 Å². The third kappa shape index (κ3) is 5.10. The summed E-state index contributed by atoms with van der Waals surface area (Å²) in [5, 5.41) is 15.1. The van der Waals surface area contributed by atoms with Crippen molar-refractivity contribution in [2.24, 2.45) is 11.8 Å². The van der Waals surface area contributed by atoms with Gasteiger partial charge in [-0.1, -0.05) is 49.0 Å². The lowest BCUT2D eigenvalue weighted by molar-refractivity contribution is -0.142. The van der Waals surface area contributed by atoms with Crippen LogP contribution in [0.1, 0.15) is 72.1 Å². The molecule has 3 aliphatic heterocycles. The van der Waals surface area contributed by atoms with E-state index >= 15 is 0 Å². The number of hydrogen-bond donors (Lipinski definition) is 3. The molecule has 1 spiro atoms. The smallest absolute Gasteiger partial charge is 0.246 e. The number of likely N-dealkylation sites (tertiary alicyclic amines) is 1. The number of unbranched alkanes of at least 4 members (excludes halogenated alkanes) is 3. The highest BCUT2D eigenvalue weighted by atomic mass is 79.9. The minimum Gasteiger partial charge on any atom is -0.396 e. The molecule has 7 atom stereocenters. The molecule has 3 heterocycles. The summed E-state index contributed by atoms with van der Waals surface area (Å²) in [5.41, 5.74) is -0.981. The molecular formula is C24H40BrN3O5. The summed E-state index contributed by atoms with van der Waals surface area (Å²) < 4.78 is 6.47. The van der Waals surface area contributed by atoms with Gasteiger partial charge in [0.2, 0.25) is 17.7 Å². The molecule has 3 N–H and O–H groups in total. The third-order valence-corrected chi connectivity index (χ3v) is 8.15. The van der Waals surface area contributed by atoms with Crippen molar-refractivity contribution in [1.82, 2.24) is 15.5 Å². The second-order valence-electron chi connectivity index (χ2n) is 9.82. The van der Waals surface area contributed by atoms with Crippen LogP contribution in [0, 0.1) is 11.8 Å². The fourth-order valence-corrected chi connectivity index (χ4v) is 6.85. The van der Waals surface area contributed by atoms with E-state index in [4.69, 9.17) is 9.84 Å². The van der Waals surface area contributed by atoms with Crippen LogP contribution in [0.25, 0.3) is 0 Å². The van der Waals surface area contributed by atoms with E-state index in [1.165, 1.54) is 0 Å². The van der Waals surface area contributed by atoms with Crippen LogP contribution < -0.4 is 10.6 Å². The first-order valence-electron chi connectivity index (χ1n) is 12.6. The molecule has 0 aromatic heterocycles. The molecule has 3 saturated heterocycles. The summed E-state index contributed by atoms with van der Waals surface area (Å²) in [7, 11) is 0. The van der Waals surface area contributed by atoms with Gasteiger partial charge in [-0.25, -0.2) is 0 Å². The largest absolute Gasteiger partial charge is 0.396 e. The molecule has 0 radical (unpaired) electrons. The van der Waals surface area contributed by atoms with Gasteiger partial charge in [-0.2, -0.15) is 0 Å². The monoisotopic (exact) mass is 529 g/mol. The lowest BCUT2D eigenvalue weighted by atomic mass is 9.70. The van der Waals surface area contributed by atoms with Crippen LogP contribution in [-0.2, 0) is 19.1 Å². The molecule has 0 aromatic rings. The van der Waals surface area contributed by atoms with Crippen LogP contribution in [0.15, 0.2) is 0 Å². The minimum atomic E-state index is -0.981. The predicted molar refractivity (Wildman–Crippen MR) is 129 cm³/mol. The Kier molecular flexibility index (Phi) is 9.20. The van der Waals surface area contributed by atoms with E-state index in [0.717, 1.165) is 44.9 Å². The maximum Gasteiger partial charge on any atom is 0.246 e. The first kappa shape index (κ1) is 26.4. The number of halogens is 1. The number of nitrogens with one attached hydrogen (secondary N) is 2. The Labute approximate surface area is 205 Å². The molecule has 2 bridgehead atoms. The summed E-state index contributed by atoms with van der Waals surface area (Å²) in [6, 6.07) is -0.734. The number of nitrogens with zero attached hydrogens (tertiary/aromatic N) is 1. The maximum atomic E-state index is 13.7. The SMILES string of the molecule is CCCNC(=O)[C@H]1[C@H]2C(=O)N(CCCCCCO)C(C(=O)NC(C)CCC)C23CC(Br)[C@@H]1O3. The molecule has 9 heteroatoms. The highest BCUT2D eigenvalue weighted by molar-refractivity contribution is 9.09. The number of ether oxygens (including phenoxy) is 1. The predicted octanol–water partition coefficient (Wildman–Crippen LogP) is 2.12. The molecule has 4 unspecified atom stereocenters. The van der Waals surface area contributed by atoms with E-state index in [9.17, 15) is 14.4 Å². The molecule has 0 aliphatic carbocycles. The molecule has 3 aliphatic rings. The van der Waals surface area contributed by atoms with Gasteiger partial charge in [0.05, 0.1) is 17.9 Å². The first-order valence-corrected chi connectivity index (χ1v) is 13.5. The summed E-state index contributed by atoms with van der Waals surface area (Å²) in [6.07, 6.45) is 5.97. The van der Waals surface area contributed by atoms with Crippen LogP contribution in [0.2, 0.25) is 0 Å². The van der Waals surface area contributed by atoms with E-state index in [-0.39, 0.29) is 35.2 Å². The number of hydrogen-bond acceptors (Lipinski definition) is 5. The summed E-state index contributed by atoms with van der Waals surface area (Å²) >= 11 is 3.69. The van der Waals surface area contributed by atoms with Crippen LogP contribution in [0.5, 0.6) is 0 Å².